The number of methoxy groups -OCH3 is 1. The summed E-state index contributed by atoms with van der Waals surface area (Å²) in [6.45, 7) is 9.16. The normalized spacial score (nSPS) is 13.8. The fourth-order valence-corrected chi connectivity index (χ4v) is 5.42. The number of nitrogens with zero attached hydrogens (tertiary/aromatic N) is 3. The zero-order valence-electron chi connectivity index (χ0n) is 19.8. The highest BCUT2D eigenvalue weighted by Gasteiger charge is 2.26. The Morgan fingerprint density at radius 3 is 2.45 bits per heavy atom. The predicted molar refractivity (Wildman–Crippen MR) is 132 cm³/mol. The van der Waals surface area contributed by atoms with Gasteiger partial charge in [-0.2, -0.15) is 0 Å². The number of sulfonamides is 1. The number of ether oxygens (including phenoxy) is 2. The van der Waals surface area contributed by atoms with Crippen molar-refractivity contribution in [1.29, 1.82) is 0 Å². The number of amides is 2. The Hall–Kier alpha value is -2.25. The van der Waals surface area contributed by atoms with Crippen LogP contribution in [0.2, 0.25) is 0 Å². The average molecular weight is 500 g/mol. The molecule has 0 radical (unpaired) electrons. The zero-order chi connectivity index (χ0) is 24.4. The summed E-state index contributed by atoms with van der Waals surface area (Å²) in [4.78, 5) is 20.9. The third-order valence-electron chi connectivity index (χ3n) is 4.75. The number of morpholine rings is 1. The molecule has 2 aromatic rings. The van der Waals surface area contributed by atoms with Crippen LogP contribution in [0.25, 0.3) is 0 Å². The lowest BCUT2D eigenvalue weighted by molar-refractivity contribution is 0.122. The first-order valence-corrected chi connectivity index (χ1v) is 13.1. The number of rotatable bonds is 8. The van der Waals surface area contributed by atoms with Gasteiger partial charge in [-0.15, -0.1) is 0 Å². The molecule has 1 aliphatic rings. The number of benzene rings is 1. The molecule has 1 saturated heterocycles. The number of carbonyl (C=O) groups is 1. The number of hydrogen-bond donors (Lipinski definition) is 2. The van der Waals surface area contributed by atoms with E-state index < -0.39 is 16.1 Å². The fourth-order valence-electron chi connectivity index (χ4n) is 3.06. The van der Waals surface area contributed by atoms with Gasteiger partial charge in [0.05, 0.1) is 32.1 Å². The molecule has 0 spiro atoms. The molecule has 2 amide bonds. The van der Waals surface area contributed by atoms with Gasteiger partial charge in [0.2, 0.25) is 0 Å². The van der Waals surface area contributed by atoms with Crippen molar-refractivity contribution in [3.05, 3.63) is 30.0 Å². The van der Waals surface area contributed by atoms with E-state index in [9.17, 15) is 13.2 Å². The molecule has 33 heavy (non-hydrogen) atoms. The number of anilines is 3. The summed E-state index contributed by atoms with van der Waals surface area (Å²) in [6, 6.07) is 7.15. The van der Waals surface area contributed by atoms with Gasteiger partial charge >= 0.3 is 6.03 Å². The summed E-state index contributed by atoms with van der Waals surface area (Å²) in [7, 11) is -0.790. The lowest BCUT2D eigenvalue weighted by Crippen LogP contribution is -2.37. The fraction of sp³-hybridized carbons (Fsp3) is 0.524. The Labute approximate surface area is 199 Å². The average Bonchev–Trinajstić information content (AvgIpc) is 3.23. The molecule has 10 nitrogen and oxygen atoms in total. The Morgan fingerprint density at radius 1 is 1.24 bits per heavy atom. The van der Waals surface area contributed by atoms with E-state index in [0.29, 0.717) is 24.6 Å². The number of carbonyl (C=O) groups excluding carboxylic acids is 1. The van der Waals surface area contributed by atoms with Crippen LogP contribution in [0.1, 0.15) is 19.5 Å². The summed E-state index contributed by atoms with van der Waals surface area (Å²) >= 11 is 0.939. The molecule has 1 fully saturated rings. The van der Waals surface area contributed by atoms with Gasteiger partial charge in [0.1, 0.15) is 0 Å². The summed E-state index contributed by atoms with van der Waals surface area (Å²) < 4.78 is 37.2. The maximum atomic E-state index is 13.0. The third kappa shape index (κ3) is 7.11. The van der Waals surface area contributed by atoms with Gasteiger partial charge in [0, 0.05) is 31.6 Å². The lowest BCUT2D eigenvalue weighted by Gasteiger charge is -2.29. The first-order chi connectivity index (χ1) is 15.9. The van der Waals surface area contributed by atoms with Gasteiger partial charge in [-0.05, 0) is 38.2 Å². The topological polar surface area (TPSA) is 113 Å². The van der Waals surface area contributed by atoms with Crippen molar-refractivity contribution in [1.82, 2.24) is 9.71 Å². The van der Waals surface area contributed by atoms with E-state index in [1.807, 2.05) is 38.1 Å². The molecule has 3 rings (SSSR count). The Bertz CT molecular complexity index is 989. The predicted octanol–water partition coefficient (Wildman–Crippen LogP) is 2.91. The minimum absolute atomic E-state index is 0.0788. The number of thiazole rings is 1. The SMILES string of the molecule is CC.CNS(=O)(=O)c1sc(N(CCOC)C(=O)Nc2ccc(N3CCOCC3)cc2)nc1C. The molecule has 1 aliphatic heterocycles. The first kappa shape index (κ1) is 27.0. The summed E-state index contributed by atoms with van der Waals surface area (Å²) in [5, 5.41) is 3.13. The molecule has 0 saturated carbocycles. The zero-order valence-corrected chi connectivity index (χ0v) is 21.4. The van der Waals surface area contributed by atoms with Crippen LogP contribution >= 0.6 is 11.3 Å². The molecule has 2 heterocycles. The number of urea groups is 1. The molecule has 1 aromatic heterocycles. The van der Waals surface area contributed by atoms with E-state index in [-0.39, 0.29) is 22.5 Å². The van der Waals surface area contributed by atoms with Gasteiger partial charge < -0.3 is 19.7 Å². The molecular formula is C21H33N5O5S2. The van der Waals surface area contributed by atoms with Crippen LogP contribution in [-0.4, -0.2) is 73.0 Å². The molecule has 184 valence electrons. The Balaban J connectivity index is 0.00000187. The van der Waals surface area contributed by atoms with Gasteiger partial charge in [-0.1, -0.05) is 25.2 Å². The molecule has 1 aromatic carbocycles. The number of hydrogen-bond acceptors (Lipinski definition) is 8. The van der Waals surface area contributed by atoms with Crippen molar-refractivity contribution in [2.75, 3.05) is 68.7 Å². The molecule has 0 aliphatic carbocycles. The second kappa shape index (κ2) is 12.8. The van der Waals surface area contributed by atoms with E-state index >= 15 is 0 Å². The van der Waals surface area contributed by atoms with E-state index in [1.54, 1.807) is 6.92 Å². The van der Waals surface area contributed by atoms with Crippen molar-refractivity contribution in [3.63, 3.8) is 0 Å². The lowest BCUT2D eigenvalue weighted by atomic mass is 10.2. The van der Waals surface area contributed by atoms with Crippen molar-refractivity contribution in [2.24, 2.45) is 0 Å². The second-order valence-corrected chi connectivity index (χ2v) is 9.86. The highest BCUT2D eigenvalue weighted by molar-refractivity contribution is 7.91. The molecular weight excluding hydrogens is 466 g/mol. The number of nitrogens with one attached hydrogen (secondary N) is 2. The molecule has 0 unspecified atom stereocenters. The highest BCUT2D eigenvalue weighted by Crippen LogP contribution is 2.30. The van der Waals surface area contributed by atoms with Crippen LogP contribution < -0.4 is 19.8 Å². The van der Waals surface area contributed by atoms with Crippen molar-refractivity contribution >= 4 is 43.9 Å². The van der Waals surface area contributed by atoms with Gasteiger partial charge in [0.25, 0.3) is 10.0 Å². The molecule has 2 N–H and O–H groups in total. The van der Waals surface area contributed by atoms with Gasteiger partial charge in [0.15, 0.2) is 9.34 Å². The quantitative estimate of drug-likeness (QED) is 0.574. The molecule has 12 heteroatoms. The molecule has 0 atom stereocenters. The van der Waals surface area contributed by atoms with Gasteiger partial charge in [-0.3, -0.25) is 4.90 Å². The van der Waals surface area contributed by atoms with E-state index in [0.717, 1.165) is 30.1 Å². The standard InChI is InChI=1S/C19H27N5O5S2.C2H6/c1-14-17(31(26,27)20-2)30-19(21-14)24(10-11-28-3)18(25)22-15-4-6-16(7-5-15)23-8-12-29-13-9-23;1-2/h4-7,20H,8-13H2,1-3H3,(H,22,25);1-2H3. The van der Waals surface area contributed by atoms with Crippen LogP contribution in [0.15, 0.2) is 28.5 Å². The Morgan fingerprint density at radius 2 is 1.88 bits per heavy atom. The smallest absolute Gasteiger partial charge is 0.328 e. The Kier molecular flexibility index (Phi) is 10.5. The van der Waals surface area contributed by atoms with Crippen LogP contribution in [0.4, 0.5) is 21.3 Å². The maximum absolute atomic E-state index is 13.0. The van der Waals surface area contributed by atoms with Crippen molar-refractivity contribution < 1.29 is 22.7 Å². The minimum Gasteiger partial charge on any atom is -0.383 e. The van der Waals surface area contributed by atoms with Crippen molar-refractivity contribution in [3.8, 4) is 0 Å². The number of aromatic nitrogens is 1. The van der Waals surface area contributed by atoms with E-state index in [1.165, 1.54) is 19.1 Å². The first-order valence-electron chi connectivity index (χ1n) is 10.8. The summed E-state index contributed by atoms with van der Waals surface area (Å²) in [5.41, 5.74) is 2.02. The van der Waals surface area contributed by atoms with Crippen LogP contribution in [-0.2, 0) is 19.5 Å². The van der Waals surface area contributed by atoms with Crippen LogP contribution in [0.5, 0.6) is 0 Å². The molecule has 0 bridgehead atoms. The van der Waals surface area contributed by atoms with E-state index in [2.05, 4.69) is 19.9 Å². The van der Waals surface area contributed by atoms with E-state index in [4.69, 9.17) is 9.47 Å². The second-order valence-electron chi connectivity index (χ2n) is 6.80. The monoisotopic (exact) mass is 499 g/mol. The van der Waals surface area contributed by atoms with Crippen LogP contribution in [0.3, 0.4) is 0 Å². The number of aryl methyl sites for hydroxylation is 1. The highest BCUT2D eigenvalue weighted by atomic mass is 32.2. The largest absolute Gasteiger partial charge is 0.383 e. The summed E-state index contributed by atoms with van der Waals surface area (Å²) in [5.74, 6) is 0. The minimum atomic E-state index is -3.66. The third-order valence-corrected chi connectivity index (χ3v) is 7.95. The summed E-state index contributed by atoms with van der Waals surface area (Å²) in [6.07, 6.45) is 0. The maximum Gasteiger partial charge on any atom is 0.328 e. The van der Waals surface area contributed by atoms with Crippen LogP contribution in [0, 0.1) is 6.92 Å². The van der Waals surface area contributed by atoms with Crippen molar-refractivity contribution in [2.45, 2.75) is 25.0 Å². The van der Waals surface area contributed by atoms with Gasteiger partial charge in [-0.25, -0.2) is 22.9 Å².